The summed E-state index contributed by atoms with van der Waals surface area (Å²) in [7, 11) is 0. The first-order valence-electron chi connectivity index (χ1n) is 8.11. The van der Waals surface area contributed by atoms with Crippen LogP contribution in [0.5, 0.6) is 0 Å². The Morgan fingerprint density at radius 3 is 2.75 bits per heavy atom. The summed E-state index contributed by atoms with van der Waals surface area (Å²) in [6, 6.07) is 15.9. The summed E-state index contributed by atoms with van der Waals surface area (Å²) in [5.74, 6) is 0.278. The summed E-state index contributed by atoms with van der Waals surface area (Å²) in [4.78, 5) is 16.7. The van der Waals surface area contributed by atoms with Gasteiger partial charge >= 0.3 is 0 Å². The Morgan fingerprint density at radius 2 is 1.96 bits per heavy atom. The zero-order valence-electron chi connectivity index (χ0n) is 13.8. The molecule has 1 atom stereocenters. The number of hydrogen-bond donors (Lipinski definition) is 1. The summed E-state index contributed by atoms with van der Waals surface area (Å²) >= 11 is 1.58. The molecule has 1 N–H and O–H groups in total. The second-order valence-electron chi connectivity index (χ2n) is 5.74. The van der Waals surface area contributed by atoms with Crippen LogP contribution in [-0.4, -0.2) is 10.9 Å². The van der Waals surface area contributed by atoms with E-state index in [1.54, 1.807) is 23.5 Å². The van der Waals surface area contributed by atoms with E-state index in [2.05, 4.69) is 30.2 Å². The number of nitrogens with one attached hydrogen (secondary N) is 1. The highest BCUT2D eigenvalue weighted by molar-refractivity contribution is 7.19. The van der Waals surface area contributed by atoms with Crippen molar-refractivity contribution in [3.05, 3.63) is 65.2 Å². The molecule has 0 aliphatic carbocycles. The van der Waals surface area contributed by atoms with Gasteiger partial charge in [0.05, 0.1) is 10.2 Å². The molecule has 0 saturated carbocycles. The second-order valence-corrected chi connectivity index (χ2v) is 6.80. The third-order valence-electron chi connectivity index (χ3n) is 4.05. The zero-order chi connectivity index (χ0) is 16.9. The first kappa shape index (κ1) is 16.4. The first-order chi connectivity index (χ1) is 11.7. The fraction of sp³-hybridized carbons (Fsp3) is 0.200. The molecule has 1 amide bonds. The maximum Gasteiger partial charge on any atom is 0.248 e. The van der Waals surface area contributed by atoms with Crippen molar-refractivity contribution >= 4 is 39.2 Å². The number of anilines is 1. The fourth-order valence-corrected chi connectivity index (χ4v) is 3.41. The van der Waals surface area contributed by atoms with Crippen LogP contribution in [0.3, 0.4) is 0 Å². The molecule has 0 saturated heterocycles. The van der Waals surface area contributed by atoms with E-state index >= 15 is 0 Å². The van der Waals surface area contributed by atoms with Crippen molar-refractivity contribution in [2.75, 3.05) is 5.32 Å². The van der Waals surface area contributed by atoms with Crippen LogP contribution in [0.4, 0.5) is 5.69 Å². The van der Waals surface area contributed by atoms with E-state index < -0.39 is 0 Å². The van der Waals surface area contributed by atoms with Crippen molar-refractivity contribution in [2.45, 2.75) is 26.2 Å². The van der Waals surface area contributed by atoms with Crippen molar-refractivity contribution in [1.82, 2.24) is 4.98 Å². The fourth-order valence-electron chi connectivity index (χ4n) is 2.54. The minimum absolute atomic E-state index is 0.134. The molecular weight excluding hydrogens is 316 g/mol. The van der Waals surface area contributed by atoms with Crippen LogP contribution < -0.4 is 5.32 Å². The Hall–Kier alpha value is -2.46. The molecule has 0 spiro atoms. The van der Waals surface area contributed by atoms with E-state index in [0.29, 0.717) is 5.92 Å². The molecule has 1 heterocycles. The van der Waals surface area contributed by atoms with Crippen molar-refractivity contribution in [3.63, 3.8) is 0 Å². The highest BCUT2D eigenvalue weighted by Gasteiger charge is 2.09. The molecule has 24 heavy (non-hydrogen) atoms. The third kappa shape index (κ3) is 3.71. The van der Waals surface area contributed by atoms with Gasteiger partial charge in [-0.2, -0.15) is 0 Å². The molecule has 0 unspecified atom stereocenters. The number of thiazole rings is 1. The molecule has 2 aromatic carbocycles. The van der Waals surface area contributed by atoms with E-state index in [-0.39, 0.29) is 5.91 Å². The molecule has 122 valence electrons. The Morgan fingerprint density at radius 1 is 1.21 bits per heavy atom. The molecular formula is C20H20N2OS. The minimum atomic E-state index is -0.134. The van der Waals surface area contributed by atoms with Crippen LogP contribution in [0.2, 0.25) is 0 Å². The van der Waals surface area contributed by atoms with Crippen LogP contribution in [0.25, 0.3) is 16.3 Å². The number of amides is 1. The smallest absolute Gasteiger partial charge is 0.248 e. The van der Waals surface area contributed by atoms with E-state index in [1.165, 1.54) is 5.56 Å². The van der Waals surface area contributed by atoms with Gasteiger partial charge in [0.2, 0.25) is 5.91 Å². The number of benzene rings is 2. The van der Waals surface area contributed by atoms with Gasteiger partial charge in [-0.3, -0.25) is 4.79 Å². The molecule has 0 radical (unpaired) electrons. The van der Waals surface area contributed by atoms with Gasteiger partial charge in [-0.05, 0) is 42.2 Å². The van der Waals surface area contributed by atoms with Gasteiger partial charge in [-0.15, -0.1) is 11.3 Å². The highest BCUT2D eigenvalue weighted by Crippen LogP contribution is 2.26. The normalized spacial score (nSPS) is 12.6. The predicted molar refractivity (Wildman–Crippen MR) is 102 cm³/mol. The summed E-state index contributed by atoms with van der Waals surface area (Å²) in [6.45, 7) is 4.32. The molecule has 4 heteroatoms. The van der Waals surface area contributed by atoms with Gasteiger partial charge in [-0.25, -0.2) is 4.98 Å². The van der Waals surface area contributed by atoms with Gasteiger partial charge in [0.1, 0.15) is 5.01 Å². The van der Waals surface area contributed by atoms with Crippen LogP contribution in [0.15, 0.2) is 54.6 Å². The number of para-hydroxylation sites is 2. The lowest BCUT2D eigenvalue weighted by atomic mass is 9.97. The number of rotatable bonds is 5. The monoisotopic (exact) mass is 336 g/mol. The Bertz CT molecular complexity index is 849. The molecule has 0 aliphatic heterocycles. The minimum Gasteiger partial charge on any atom is -0.322 e. The van der Waals surface area contributed by atoms with Crippen LogP contribution in [-0.2, 0) is 4.79 Å². The maximum atomic E-state index is 12.2. The number of nitrogens with zero attached hydrogens (tertiary/aromatic N) is 1. The third-order valence-corrected chi connectivity index (χ3v) is 5.05. The second kappa shape index (κ2) is 7.41. The van der Waals surface area contributed by atoms with Gasteiger partial charge in [0.25, 0.3) is 0 Å². The average Bonchev–Trinajstić information content (AvgIpc) is 3.03. The van der Waals surface area contributed by atoms with E-state index in [4.69, 9.17) is 0 Å². The lowest BCUT2D eigenvalue weighted by molar-refractivity contribution is -0.111. The van der Waals surface area contributed by atoms with Crippen molar-refractivity contribution in [1.29, 1.82) is 0 Å². The van der Waals surface area contributed by atoms with Crippen LogP contribution in [0.1, 0.15) is 36.8 Å². The Labute approximate surface area is 146 Å². The number of carbonyl (C=O) groups is 1. The molecule has 3 aromatic rings. The summed E-state index contributed by atoms with van der Waals surface area (Å²) in [6.07, 6.45) is 4.35. The number of aromatic nitrogens is 1. The molecule has 0 fully saturated rings. The Balaban J connectivity index is 1.74. The van der Waals surface area contributed by atoms with Crippen LogP contribution >= 0.6 is 11.3 Å². The molecule has 1 aromatic heterocycles. The SMILES string of the molecule is CC[C@@H](C)c1ccccc1NC(=O)/C=C/c1nc2ccccc2s1. The van der Waals surface area contributed by atoms with E-state index in [1.807, 2.05) is 42.5 Å². The summed E-state index contributed by atoms with van der Waals surface area (Å²) in [5, 5.41) is 3.82. The average molecular weight is 336 g/mol. The van der Waals surface area contributed by atoms with Crippen molar-refractivity contribution in [2.24, 2.45) is 0 Å². The topological polar surface area (TPSA) is 42.0 Å². The van der Waals surface area contributed by atoms with Crippen molar-refractivity contribution < 1.29 is 4.79 Å². The number of hydrogen-bond acceptors (Lipinski definition) is 3. The predicted octanol–water partition coefficient (Wildman–Crippen LogP) is 5.46. The largest absolute Gasteiger partial charge is 0.322 e. The molecule has 3 rings (SSSR count). The molecule has 3 nitrogen and oxygen atoms in total. The number of fused-ring (bicyclic) bond motifs is 1. The summed E-state index contributed by atoms with van der Waals surface area (Å²) in [5.41, 5.74) is 3.01. The van der Waals surface area contributed by atoms with Gasteiger partial charge in [-0.1, -0.05) is 44.2 Å². The van der Waals surface area contributed by atoms with Crippen molar-refractivity contribution in [3.8, 4) is 0 Å². The van der Waals surface area contributed by atoms with Gasteiger partial charge in [0, 0.05) is 11.8 Å². The number of carbonyl (C=O) groups excluding carboxylic acids is 1. The zero-order valence-corrected chi connectivity index (χ0v) is 14.6. The van der Waals surface area contributed by atoms with Crippen LogP contribution in [0, 0.1) is 0 Å². The molecule has 0 aliphatic rings. The lowest BCUT2D eigenvalue weighted by Gasteiger charge is -2.14. The van der Waals surface area contributed by atoms with Gasteiger partial charge in [0.15, 0.2) is 0 Å². The van der Waals surface area contributed by atoms with Gasteiger partial charge < -0.3 is 5.32 Å². The van der Waals surface area contributed by atoms with E-state index in [0.717, 1.165) is 27.3 Å². The Kier molecular flexibility index (Phi) is 5.06. The molecule has 0 bridgehead atoms. The maximum absolute atomic E-state index is 12.2. The standard InChI is InChI=1S/C20H20N2OS/c1-3-14(2)15-8-4-5-9-16(15)21-19(23)12-13-20-22-17-10-6-7-11-18(17)24-20/h4-14H,3H2,1-2H3,(H,21,23)/b13-12+/t14-/m1/s1. The quantitative estimate of drug-likeness (QED) is 0.628. The first-order valence-corrected chi connectivity index (χ1v) is 8.92. The lowest BCUT2D eigenvalue weighted by Crippen LogP contribution is -2.10. The summed E-state index contributed by atoms with van der Waals surface area (Å²) < 4.78 is 1.12. The van der Waals surface area contributed by atoms with E-state index in [9.17, 15) is 4.79 Å². The highest BCUT2D eigenvalue weighted by atomic mass is 32.1.